The summed E-state index contributed by atoms with van der Waals surface area (Å²) in [5.74, 6) is 1.51. The zero-order valence-electron chi connectivity index (χ0n) is 10.1. The highest BCUT2D eigenvalue weighted by atomic mass is 79.9. The van der Waals surface area contributed by atoms with Gasteiger partial charge in [0.05, 0.1) is 6.61 Å². The van der Waals surface area contributed by atoms with Crippen molar-refractivity contribution in [2.75, 3.05) is 19.8 Å². The molecule has 1 aromatic carbocycles. The molecule has 90 valence electrons. The van der Waals surface area contributed by atoms with Gasteiger partial charge in [0.2, 0.25) is 0 Å². The van der Waals surface area contributed by atoms with Gasteiger partial charge < -0.3 is 9.47 Å². The molecule has 16 heavy (non-hydrogen) atoms. The van der Waals surface area contributed by atoms with E-state index in [-0.39, 0.29) is 0 Å². The van der Waals surface area contributed by atoms with Gasteiger partial charge in [0.25, 0.3) is 0 Å². The number of hydrogen-bond donors (Lipinski definition) is 0. The summed E-state index contributed by atoms with van der Waals surface area (Å²) in [7, 11) is 0. The Hall–Kier alpha value is -0.540. The molecule has 0 amide bonds. The minimum atomic E-state index is 0.578. The van der Waals surface area contributed by atoms with Crippen molar-refractivity contribution in [3.63, 3.8) is 0 Å². The summed E-state index contributed by atoms with van der Waals surface area (Å²) in [6.45, 7) is 8.36. The number of benzene rings is 1. The van der Waals surface area contributed by atoms with E-state index >= 15 is 0 Å². The zero-order chi connectivity index (χ0) is 12.0. The molecule has 0 atom stereocenters. The molecule has 0 aliphatic heterocycles. The lowest BCUT2D eigenvalue weighted by atomic mass is 10.2. The van der Waals surface area contributed by atoms with Gasteiger partial charge in [-0.1, -0.05) is 29.8 Å². The maximum Gasteiger partial charge on any atom is 0.122 e. The van der Waals surface area contributed by atoms with Crippen LogP contribution >= 0.6 is 15.9 Å². The monoisotopic (exact) mass is 286 g/mol. The van der Waals surface area contributed by atoms with Gasteiger partial charge in [0, 0.05) is 11.1 Å². The number of halogens is 1. The third-order valence-electron chi connectivity index (χ3n) is 2.07. The summed E-state index contributed by atoms with van der Waals surface area (Å²) in [4.78, 5) is 0. The van der Waals surface area contributed by atoms with Crippen LogP contribution in [0.2, 0.25) is 0 Å². The standard InChI is InChI=1S/C13H19BrO2/c1-10(2)9-15-6-7-16-13-5-4-12(14)8-11(13)3/h4-5,8,10H,6-7,9H2,1-3H3. The Morgan fingerprint density at radius 1 is 1.25 bits per heavy atom. The van der Waals surface area contributed by atoms with E-state index in [1.54, 1.807) is 0 Å². The van der Waals surface area contributed by atoms with Gasteiger partial charge in [-0.25, -0.2) is 0 Å². The Bertz CT molecular complexity index is 324. The molecule has 0 aromatic heterocycles. The van der Waals surface area contributed by atoms with Crippen LogP contribution in [0.1, 0.15) is 19.4 Å². The Labute approximate surface area is 106 Å². The molecule has 0 saturated heterocycles. The first-order valence-corrected chi connectivity index (χ1v) is 6.35. The quantitative estimate of drug-likeness (QED) is 0.741. The average Bonchev–Trinajstić information content (AvgIpc) is 2.20. The fourth-order valence-electron chi connectivity index (χ4n) is 1.30. The van der Waals surface area contributed by atoms with Crippen molar-refractivity contribution < 1.29 is 9.47 Å². The second-order valence-corrected chi connectivity index (χ2v) is 5.14. The Morgan fingerprint density at radius 3 is 2.62 bits per heavy atom. The van der Waals surface area contributed by atoms with Crippen LogP contribution in [0.15, 0.2) is 22.7 Å². The largest absolute Gasteiger partial charge is 0.491 e. The van der Waals surface area contributed by atoms with Crippen molar-refractivity contribution >= 4 is 15.9 Å². The Morgan fingerprint density at radius 2 is 2.00 bits per heavy atom. The van der Waals surface area contributed by atoms with E-state index in [1.165, 1.54) is 0 Å². The summed E-state index contributed by atoms with van der Waals surface area (Å²) in [5, 5.41) is 0. The van der Waals surface area contributed by atoms with Crippen molar-refractivity contribution in [3.05, 3.63) is 28.2 Å². The fraction of sp³-hybridized carbons (Fsp3) is 0.538. The van der Waals surface area contributed by atoms with Crippen molar-refractivity contribution in [1.82, 2.24) is 0 Å². The molecule has 2 nitrogen and oxygen atoms in total. The summed E-state index contributed by atoms with van der Waals surface area (Å²) >= 11 is 3.42. The van der Waals surface area contributed by atoms with Crippen LogP contribution in [0.4, 0.5) is 0 Å². The first-order valence-electron chi connectivity index (χ1n) is 5.56. The smallest absolute Gasteiger partial charge is 0.122 e. The van der Waals surface area contributed by atoms with Gasteiger partial charge in [-0.15, -0.1) is 0 Å². The second kappa shape index (κ2) is 6.92. The Balaban J connectivity index is 2.27. The van der Waals surface area contributed by atoms with Crippen LogP contribution in [-0.2, 0) is 4.74 Å². The molecule has 3 heteroatoms. The number of aryl methyl sites for hydroxylation is 1. The van der Waals surface area contributed by atoms with E-state index in [1.807, 2.05) is 25.1 Å². The maximum absolute atomic E-state index is 5.63. The van der Waals surface area contributed by atoms with Gasteiger partial charge in [-0.3, -0.25) is 0 Å². The summed E-state index contributed by atoms with van der Waals surface area (Å²) in [6, 6.07) is 6.00. The third-order valence-corrected chi connectivity index (χ3v) is 2.57. The zero-order valence-corrected chi connectivity index (χ0v) is 11.7. The molecule has 1 rings (SSSR count). The molecule has 0 radical (unpaired) electrons. The third kappa shape index (κ3) is 4.99. The van der Waals surface area contributed by atoms with E-state index in [4.69, 9.17) is 9.47 Å². The lowest BCUT2D eigenvalue weighted by Crippen LogP contribution is -2.10. The van der Waals surface area contributed by atoms with E-state index in [2.05, 4.69) is 29.8 Å². The van der Waals surface area contributed by atoms with Gasteiger partial charge in [-0.05, 0) is 36.6 Å². The molecule has 0 fully saturated rings. The molecule has 0 aliphatic carbocycles. The highest BCUT2D eigenvalue weighted by Crippen LogP contribution is 2.21. The first kappa shape index (κ1) is 13.5. The molecular weight excluding hydrogens is 268 g/mol. The Kier molecular flexibility index (Phi) is 5.85. The van der Waals surface area contributed by atoms with Gasteiger partial charge >= 0.3 is 0 Å². The van der Waals surface area contributed by atoms with Crippen LogP contribution in [0.25, 0.3) is 0 Å². The summed E-state index contributed by atoms with van der Waals surface area (Å²) < 4.78 is 12.2. The molecule has 0 spiro atoms. The predicted octanol–water partition coefficient (Wildman–Crippen LogP) is 3.81. The SMILES string of the molecule is Cc1cc(Br)ccc1OCCOCC(C)C. The maximum atomic E-state index is 5.63. The van der Waals surface area contributed by atoms with Crippen LogP contribution in [-0.4, -0.2) is 19.8 Å². The van der Waals surface area contributed by atoms with Gasteiger partial charge in [0.1, 0.15) is 12.4 Å². The van der Waals surface area contributed by atoms with E-state index < -0.39 is 0 Å². The topological polar surface area (TPSA) is 18.5 Å². The predicted molar refractivity (Wildman–Crippen MR) is 70.0 cm³/mol. The van der Waals surface area contributed by atoms with Crippen molar-refractivity contribution in [3.8, 4) is 5.75 Å². The number of rotatable bonds is 6. The molecule has 0 aliphatic rings. The number of ether oxygens (including phenoxy) is 2. The fourth-order valence-corrected chi connectivity index (χ4v) is 1.78. The minimum Gasteiger partial charge on any atom is -0.491 e. The van der Waals surface area contributed by atoms with Crippen molar-refractivity contribution in [2.24, 2.45) is 5.92 Å². The van der Waals surface area contributed by atoms with E-state index in [9.17, 15) is 0 Å². The van der Waals surface area contributed by atoms with Crippen molar-refractivity contribution in [2.45, 2.75) is 20.8 Å². The molecule has 0 saturated carbocycles. The lowest BCUT2D eigenvalue weighted by molar-refractivity contribution is 0.0817. The van der Waals surface area contributed by atoms with Crippen LogP contribution in [0.5, 0.6) is 5.75 Å². The summed E-state index contributed by atoms with van der Waals surface area (Å²) in [5.41, 5.74) is 1.14. The van der Waals surface area contributed by atoms with Crippen LogP contribution in [0, 0.1) is 12.8 Å². The van der Waals surface area contributed by atoms with Gasteiger partial charge in [-0.2, -0.15) is 0 Å². The van der Waals surface area contributed by atoms with E-state index in [0.717, 1.165) is 22.4 Å². The average molecular weight is 287 g/mol. The molecule has 0 N–H and O–H groups in total. The second-order valence-electron chi connectivity index (χ2n) is 4.23. The highest BCUT2D eigenvalue weighted by molar-refractivity contribution is 9.10. The highest BCUT2D eigenvalue weighted by Gasteiger charge is 2.00. The molecule has 0 unspecified atom stereocenters. The molecular formula is C13H19BrO2. The minimum absolute atomic E-state index is 0.578. The van der Waals surface area contributed by atoms with Crippen molar-refractivity contribution in [1.29, 1.82) is 0 Å². The van der Waals surface area contributed by atoms with Crippen LogP contribution < -0.4 is 4.74 Å². The summed E-state index contributed by atoms with van der Waals surface area (Å²) in [6.07, 6.45) is 0. The molecule has 0 heterocycles. The van der Waals surface area contributed by atoms with Crippen LogP contribution in [0.3, 0.4) is 0 Å². The van der Waals surface area contributed by atoms with Gasteiger partial charge in [0.15, 0.2) is 0 Å². The first-order chi connectivity index (χ1) is 7.59. The molecule has 1 aromatic rings. The molecule has 0 bridgehead atoms. The normalized spacial score (nSPS) is 10.8. The van der Waals surface area contributed by atoms with E-state index in [0.29, 0.717) is 19.1 Å². The lowest BCUT2D eigenvalue weighted by Gasteiger charge is -2.10. The number of hydrogen-bond acceptors (Lipinski definition) is 2.